The molecule has 8 nitrogen and oxygen atoms in total. The van der Waals surface area contributed by atoms with Crippen LogP contribution in [0.3, 0.4) is 0 Å². The zero-order chi connectivity index (χ0) is 20.3. The number of anilines is 1. The third-order valence-electron chi connectivity index (χ3n) is 4.28. The predicted molar refractivity (Wildman–Crippen MR) is 106 cm³/mol. The first-order valence-corrected chi connectivity index (χ1v) is 10.4. The number of hydrogen-bond donors (Lipinski definition) is 1. The number of nitrogens with zero attached hydrogens (tertiary/aromatic N) is 3. The minimum Gasteiger partial charge on any atom is -0.378 e. The van der Waals surface area contributed by atoms with Gasteiger partial charge >= 0.3 is 0 Å². The van der Waals surface area contributed by atoms with Gasteiger partial charge in [0.15, 0.2) is 9.84 Å². The predicted octanol–water partition coefficient (Wildman–Crippen LogP) is 3.42. The molecule has 0 radical (unpaired) electrons. The van der Waals surface area contributed by atoms with Crippen LogP contribution in [0.25, 0.3) is 0 Å². The van der Waals surface area contributed by atoms with Crippen molar-refractivity contribution in [1.29, 1.82) is 0 Å². The Morgan fingerprint density at radius 1 is 1.21 bits per heavy atom. The molecule has 146 valence electrons. The van der Waals surface area contributed by atoms with Gasteiger partial charge in [-0.3, -0.25) is 14.8 Å². The van der Waals surface area contributed by atoms with Gasteiger partial charge in [-0.15, -0.1) is 0 Å². The quantitative estimate of drug-likeness (QED) is 0.481. The van der Waals surface area contributed by atoms with Crippen LogP contribution in [-0.4, -0.2) is 29.4 Å². The van der Waals surface area contributed by atoms with Crippen molar-refractivity contribution < 1.29 is 13.3 Å². The van der Waals surface area contributed by atoms with Crippen LogP contribution in [0.1, 0.15) is 24.1 Å². The second kappa shape index (κ2) is 7.81. The summed E-state index contributed by atoms with van der Waals surface area (Å²) in [5.41, 5.74) is 2.09. The van der Waals surface area contributed by atoms with Gasteiger partial charge in [0.25, 0.3) is 5.69 Å². The molecule has 28 heavy (non-hydrogen) atoms. The molecule has 1 heterocycles. The normalized spacial score (nSPS) is 12.5. The lowest BCUT2D eigenvalue weighted by atomic mass is 10.1. The number of aromatic nitrogens is 2. The number of nitro benzene ring substituents is 1. The Morgan fingerprint density at radius 2 is 1.93 bits per heavy atom. The second-order valence-electron chi connectivity index (χ2n) is 6.53. The average molecular weight is 400 g/mol. The van der Waals surface area contributed by atoms with Crippen LogP contribution in [0, 0.1) is 10.1 Å². The number of rotatable bonds is 7. The number of benzene rings is 2. The lowest BCUT2D eigenvalue weighted by Crippen LogP contribution is -2.08. The van der Waals surface area contributed by atoms with Crippen LogP contribution < -0.4 is 5.32 Å². The topological polar surface area (TPSA) is 107 Å². The SMILES string of the molecule is CC(Nc1ccc([N+](=O)[O-])c(S(C)(=O)=O)c1)c1cnn(Cc2ccccc2)c1. The van der Waals surface area contributed by atoms with Crippen LogP contribution in [0.4, 0.5) is 11.4 Å². The second-order valence-corrected chi connectivity index (χ2v) is 8.52. The summed E-state index contributed by atoms with van der Waals surface area (Å²) in [6.45, 7) is 2.55. The molecule has 0 saturated heterocycles. The van der Waals surface area contributed by atoms with Crippen molar-refractivity contribution in [1.82, 2.24) is 9.78 Å². The molecule has 0 aliphatic heterocycles. The number of nitrogens with one attached hydrogen (secondary N) is 1. The van der Waals surface area contributed by atoms with Crippen LogP contribution in [0.2, 0.25) is 0 Å². The van der Waals surface area contributed by atoms with E-state index in [2.05, 4.69) is 10.4 Å². The monoisotopic (exact) mass is 400 g/mol. The van der Waals surface area contributed by atoms with E-state index in [1.165, 1.54) is 18.2 Å². The molecule has 0 bridgehead atoms. The van der Waals surface area contributed by atoms with Gasteiger partial charge in [-0.2, -0.15) is 5.10 Å². The van der Waals surface area contributed by atoms with Crippen LogP contribution in [-0.2, 0) is 16.4 Å². The first-order chi connectivity index (χ1) is 13.2. The van der Waals surface area contributed by atoms with Gasteiger partial charge in [0.05, 0.1) is 23.7 Å². The van der Waals surface area contributed by atoms with Crippen molar-refractivity contribution >= 4 is 21.2 Å². The highest BCUT2D eigenvalue weighted by atomic mass is 32.2. The van der Waals surface area contributed by atoms with Crippen molar-refractivity contribution in [2.75, 3.05) is 11.6 Å². The fourth-order valence-electron chi connectivity index (χ4n) is 2.85. The molecule has 3 aromatic rings. The molecule has 0 fully saturated rings. The fourth-order valence-corrected chi connectivity index (χ4v) is 3.71. The summed E-state index contributed by atoms with van der Waals surface area (Å²) in [4.78, 5) is 10.1. The third kappa shape index (κ3) is 4.55. The van der Waals surface area contributed by atoms with Gasteiger partial charge in [-0.05, 0) is 24.6 Å². The molecule has 1 N–H and O–H groups in total. The number of hydrogen-bond acceptors (Lipinski definition) is 6. The summed E-state index contributed by atoms with van der Waals surface area (Å²) < 4.78 is 25.6. The summed E-state index contributed by atoms with van der Waals surface area (Å²) >= 11 is 0. The first-order valence-electron chi connectivity index (χ1n) is 8.55. The summed E-state index contributed by atoms with van der Waals surface area (Å²) in [6.07, 6.45) is 4.60. The lowest BCUT2D eigenvalue weighted by Gasteiger charge is -2.14. The molecule has 1 aromatic heterocycles. The van der Waals surface area contributed by atoms with Crippen molar-refractivity contribution in [2.24, 2.45) is 0 Å². The molecule has 1 atom stereocenters. The van der Waals surface area contributed by atoms with Gasteiger partial charge in [-0.25, -0.2) is 8.42 Å². The van der Waals surface area contributed by atoms with Crippen LogP contribution >= 0.6 is 0 Å². The van der Waals surface area contributed by atoms with E-state index in [-0.39, 0.29) is 10.9 Å². The zero-order valence-electron chi connectivity index (χ0n) is 15.4. The average Bonchev–Trinajstić information content (AvgIpc) is 3.10. The number of nitro groups is 1. The highest BCUT2D eigenvalue weighted by Crippen LogP contribution is 2.29. The van der Waals surface area contributed by atoms with Gasteiger partial charge in [0.2, 0.25) is 0 Å². The highest BCUT2D eigenvalue weighted by Gasteiger charge is 2.23. The van der Waals surface area contributed by atoms with E-state index in [9.17, 15) is 18.5 Å². The fraction of sp³-hybridized carbons (Fsp3) is 0.211. The van der Waals surface area contributed by atoms with Gasteiger partial charge in [0, 0.05) is 29.8 Å². The molecule has 0 saturated carbocycles. The molecule has 0 spiro atoms. The molecular formula is C19H20N4O4S. The molecule has 0 amide bonds. The maximum Gasteiger partial charge on any atom is 0.288 e. The molecule has 0 aliphatic carbocycles. The van der Waals surface area contributed by atoms with Gasteiger partial charge in [-0.1, -0.05) is 30.3 Å². The lowest BCUT2D eigenvalue weighted by molar-refractivity contribution is -0.387. The van der Waals surface area contributed by atoms with E-state index in [0.29, 0.717) is 12.2 Å². The van der Waals surface area contributed by atoms with Crippen LogP contribution in [0.15, 0.2) is 65.8 Å². The van der Waals surface area contributed by atoms with Crippen LogP contribution in [0.5, 0.6) is 0 Å². The molecule has 3 rings (SSSR count). The Kier molecular flexibility index (Phi) is 5.46. The Balaban J connectivity index is 1.78. The van der Waals surface area contributed by atoms with E-state index in [0.717, 1.165) is 17.4 Å². The van der Waals surface area contributed by atoms with Crippen molar-refractivity contribution in [3.63, 3.8) is 0 Å². The van der Waals surface area contributed by atoms with E-state index in [1.54, 1.807) is 6.20 Å². The van der Waals surface area contributed by atoms with Gasteiger partial charge < -0.3 is 5.32 Å². The Bertz CT molecular complexity index is 1090. The Hall–Kier alpha value is -3.20. The molecule has 1 unspecified atom stereocenters. The third-order valence-corrected chi connectivity index (χ3v) is 5.41. The first kappa shape index (κ1) is 19.6. The Morgan fingerprint density at radius 3 is 2.57 bits per heavy atom. The van der Waals surface area contributed by atoms with E-state index in [4.69, 9.17) is 0 Å². The van der Waals surface area contributed by atoms with Crippen molar-refractivity contribution in [3.8, 4) is 0 Å². The summed E-state index contributed by atoms with van der Waals surface area (Å²) in [6, 6.07) is 13.8. The van der Waals surface area contributed by atoms with E-state index >= 15 is 0 Å². The van der Waals surface area contributed by atoms with E-state index < -0.39 is 20.4 Å². The van der Waals surface area contributed by atoms with Crippen molar-refractivity contribution in [3.05, 3.63) is 82.2 Å². The minimum absolute atomic E-state index is 0.168. The van der Waals surface area contributed by atoms with Crippen molar-refractivity contribution in [2.45, 2.75) is 24.4 Å². The molecular weight excluding hydrogens is 380 g/mol. The minimum atomic E-state index is -3.73. The highest BCUT2D eigenvalue weighted by molar-refractivity contribution is 7.90. The Labute approximate surface area is 162 Å². The smallest absolute Gasteiger partial charge is 0.288 e. The van der Waals surface area contributed by atoms with E-state index in [1.807, 2.05) is 48.1 Å². The summed E-state index contributed by atoms with van der Waals surface area (Å²) in [5.74, 6) is 0. The maximum atomic E-state index is 11.9. The molecule has 9 heteroatoms. The maximum absolute atomic E-state index is 11.9. The largest absolute Gasteiger partial charge is 0.378 e. The zero-order valence-corrected chi connectivity index (χ0v) is 16.3. The molecule has 2 aromatic carbocycles. The van der Waals surface area contributed by atoms with Gasteiger partial charge in [0.1, 0.15) is 4.90 Å². The summed E-state index contributed by atoms with van der Waals surface area (Å²) in [5, 5.41) is 18.6. The number of sulfone groups is 1. The summed E-state index contributed by atoms with van der Waals surface area (Å²) in [7, 11) is -3.73. The standard InChI is InChI=1S/C19H20N4O4S/c1-14(16-11-20-22(13-16)12-15-6-4-3-5-7-15)21-17-8-9-18(23(24)25)19(10-17)28(2,26)27/h3-11,13-14,21H,12H2,1-2H3. The molecule has 0 aliphatic rings.